The van der Waals surface area contributed by atoms with Crippen molar-refractivity contribution >= 4 is 5.69 Å². The van der Waals surface area contributed by atoms with Crippen LogP contribution < -0.4 is 10.2 Å². The summed E-state index contributed by atoms with van der Waals surface area (Å²) < 4.78 is 14.4. The smallest absolute Gasteiger partial charge is 0.146 e. The summed E-state index contributed by atoms with van der Waals surface area (Å²) >= 11 is 0. The van der Waals surface area contributed by atoms with Gasteiger partial charge in [-0.2, -0.15) is 0 Å². The van der Waals surface area contributed by atoms with E-state index in [1.54, 1.807) is 6.07 Å². The second kappa shape index (κ2) is 5.91. The van der Waals surface area contributed by atoms with E-state index in [9.17, 15) is 4.39 Å². The Bertz CT molecular complexity index is 433. The molecule has 1 heterocycles. The average Bonchev–Trinajstić information content (AvgIpc) is 2.78. The third-order valence-electron chi connectivity index (χ3n) is 4.43. The highest BCUT2D eigenvalue weighted by atomic mass is 19.1. The molecule has 2 rings (SSSR count). The van der Waals surface area contributed by atoms with Gasteiger partial charge in [0.2, 0.25) is 0 Å². The molecule has 1 aromatic carbocycles. The van der Waals surface area contributed by atoms with Gasteiger partial charge < -0.3 is 10.2 Å². The van der Waals surface area contributed by atoms with Crippen molar-refractivity contribution in [3.63, 3.8) is 0 Å². The van der Waals surface area contributed by atoms with Gasteiger partial charge in [-0.25, -0.2) is 4.39 Å². The van der Waals surface area contributed by atoms with Gasteiger partial charge in [-0.1, -0.05) is 19.1 Å². The quantitative estimate of drug-likeness (QED) is 0.888. The molecule has 0 bridgehead atoms. The molecular weight excluding hydrogens is 239 g/mol. The third-order valence-corrected chi connectivity index (χ3v) is 4.43. The molecule has 1 saturated heterocycles. The van der Waals surface area contributed by atoms with Gasteiger partial charge in [-0.3, -0.25) is 0 Å². The molecule has 3 unspecified atom stereocenters. The summed E-state index contributed by atoms with van der Waals surface area (Å²) in [7, 11) is 1.92. The fourth-order valence-corrected chi connectivity index (χ4v) is 3.18. The molecule has 106 valence electrons. The van der Waals surface area contributed by atoms with Gasteiger partial charge in [0.1, 0.15) is 5.82 Å². The minimum Gasteiger partial charge on any atom is -0.363 e. The molecule has 19 heavy (non-hydrogen) atoms. The summed E-state index contributed by atoms with van der Waals surface area (Å²) in [6.45, 7) is 6.48. The van der Waals surface area contributed by atoms with Crippen LogP contribution in [0, 0.1) is 5.82 Å². The van der Waals surface area contributed by atoms with Gasteiger partial charge in [0.25, 0.3) is 0 Å². The minimum absolute atomic E-state index is 0.0909. The predicted molar refractivity (Wildman–Crippen MR) is 79.1 cm³/mol. The van der Waals surface area contributed by atoms with Crippen molar-refractivity contribution in [1.29, 1.82) is 0 Å². The van der Waals surface area contributed by atoms with Crippen molar-refractivity contribution in [3.05, 3.63) is 29.6 Å². The lowest BCUT2D eigenvalue weighted by atomic mass is 10.0. The number of rotatable bonds is 4. The second-order valence-electron chi connectivity index (χ2n) is 5.58. The number of benzene rings is 1. The van der Waals surface area contributed by atoms with Crippen LogP contribution in [0.3, 0.4) is 0 Å². The molecule has 1 N–H and O–H groups in total. The van der Waals surface area contributed by atoms with Crippen molar-refractivity contribution in [3.8, 4) is 0 Å². The van der Waals surface area contributed by atoms with Gasteiger partial charge in [0, 0.05) is 18.1 Å². The SMILES string of the molecule is CCC1CCC(C)N1c1c(F)cccc1C(C)NC. The highest BCUT2D eigenvalue weighted by Gasteiger charge is 2.33. The summed E-state index contributed by atoms with van der Waals surface area (Å²) in [5.74, 6) is -0.0909. The lowest BCUT2D eigenvalue weighted by Crippen LogP contribution is -2.36. The van der Waals surface area contributed by atoms with E-state index in [2.05, 4.69) is 31.0 Å². The maximum Gasteiger partial charge on any atom is 0.146 e. The number of nitrogens with one attached hydrogen (secondary N) is 1. The van der Waals surface area contributed by atoms with Gasteiger partial charge in [0.15, 0.2) is 0 Å². The van der Waals surface area contributed by atoms with Gasteiger partial charge in [0.05, 0.1) is 5.69 Å². The number of anilines is 1. The monoisotopic (exact) mass is 264 g/mol. The molecule has 0 amide bonds. The van der Waals surface area contributed by atoms with E-state index in [1.165, 1.54) is 6.42 Å². The van der Waals surface area contributed by atoms with E-state index in [0.29, 0.717) is 12.1 Å². The first kappa shape index (κ1) is 14.3. The molecule has 2 nitrogen and oxygen atoms in total. The molecule has 0 radical (unpaired) electrons. The number of halogens is 1. The van der Waals surface area contributed by atoms with Crippen LogP contribution in [-0.2, 0) is 0 Å². The van der Waals surface area contributed by atoms with E-state index in [1.807, 2.05) is 19.2 Å². The normalized spacial score (nSPS) is 24.8. The Hall–Kier alpha value is -1.09. The fraction of sp³-hybridized carbons (Fsp3) is 0.625. The number of hydrogen-bond donors (Lipinski definition) is 1. The molecule has 0 saturated carbocycles. The summed E-state index contributed by atoms with van der Waals surface area (Å²) in [6, 6.07) is 6.48. The van der Waals surface area contributed by atoms with Crippen LogP contribution in [0.1, 0.15) is 51.6 Å². The summed E-state index contributed by atoms with van der Waals surface area (Å²) in [5, 5.41) is 3.23. The van der Waals surface area contributed by atoms with Gasteiger partial charge >= 0.3 is 0 Å². The highest BCUT2D eigenvalue weighted by molar-refractivity contribution is 5.58. The van der Waals surface area contributed by atoms with Crippen molar-refractivity contribution in [2.24, 2.45) is 0 Å². The summed E-state index contributed by atoms with van der Waals surface area (Å²) in [5.41, 5.74) is 1.87. The predicted octanol–water partition coefficient (Wildman–Crippen LogP) is 3.87. The Morgan fingerprint density at radius 1 is 1.42 bits per heavy atom. The van der Waals surface area contributed by atoms with E-state index < -0.39 is 0 Å². The number of para-hydroxylation sites is 1. The molecule has 3 heteroatoms. The van der Waals surface area contributed by atoms with Crippen LogP contribution in [-0.4, -0.2) is 19.1 Å². The van der Waals surface area contributed by atoms with Crippen molar-refractivity contribution in [2.75, 3.05) is 11.9 Å². The zero-order valence-corrected chi connectivity index (χ0v) is 12.4. The van der Waals surface area contributed by atoms with Crippen molar-refractivity contribution in [1.82, 2.24) is 5.32 Å². The first-order chi connectivity index (χ1) is 9.10. The molecule has 1 fully saturated rings. The zero-order valence-electron chi connectivity index (χ0n) is 12.4. The Kier molecular flexibility index (Phi) is 4.46. The summed E-state index contributed by atoms with van der Waals surface area (Å²) in [6.07, 6.45) is 3.39. The van der Waals surface area contributed by atoms with Crippen LogP contribution in [0.4, 0.5) is 10.1 Å². The zero-order chi connectivity index (χ0) is 14.0. The van der Waals surface area contributed by atoms with Crippen LogP contribution in [0.2, 0.25) is 0 Å². The lowest BCUT2D eigenvalue weighted by molar-refractivity contribution is 0.566. The number of hydrogen-bond acceptors (Lipinski definition) is 2. The van der Waals surface area contributed by atoms with Crippen molar-refractivity contribution < 1.29 is 4.39 Å². The third kappa shape index (κ3) is 2.62. The molecule has 1 aliphatic heterocycles. The molecule has 0 aromatic heterocycles. The summed E-state index contributed by atoms with van der Waals surface area (Å²) in [4.78, 5) is 2.30. The first-order valence-corrected chi connectivity index (χ1v) is 7.34. The molecule has 1 aliphatic rings. The largest absolute Gasteiger partial charge is 0.363 e. The minimum atomic E-state index is -0.0909. The molecule has 1 aromatic rings. The first-order valence-electron chi connectivity index (χ1n) is 7.34. The average molecular weight is 264 g/mol. The Morgan fingerprint density at radius 3 is 2.79 bits per heavy atom. The van der Waals surface area contributed by atoms with Crippen LogP contribution in [0.5, 0.6) is 0 Å². The standard InChI is InChI=1S/C16H25FN2/c1-5-13-10-9-11(2)19(13)16-14(12(3)18-4)7-6-8-15(16)17/h6-8,11-13,18H,5,9-10H2,1-4H3. The molecule has 0 spiro atoms. The van der Waals surface area contributed by atoms with E-state index in [-0.39, 0.29) is 11.9 Å². The Morgan fingerprint density at radius 2 is 2.16 bits per heavy atom. The van der Waals surface area contributed by atoms with Gasteiger partial charge in [-0.05, 0) is 51.8 Å². The van der Waals surface area contributed by atoms with Crippen LogP contribution >= 0.6 is 0 Å². The highest BCUT2D eigenvalue weighted by Crippen LogP contribution is 2.38. The maximum atomic E-state index is 14.4. The van der Waals surface area contributed by atoms with Crippen LogP contribution in [0.15, 0.2) is 18.2 Å². The van der Waals surface area contributed by atoms with Crippen LogP contribution in [0.25, 0.3) is 0 Å². The second-order valence-corrected chi connectivity index (χ2v) is 5.58. The van der Waals surface area contributed by atoms with E-state index >= 15 is 0 Å². The molecule has 0 aliphatic carbocycles. The fourth-order valence-electron chi connectivity index (χ4n) is 3.18. The molecular formula is C16H25FN2. The maximum absolute atomic E-state index is 14.4. The molecule has 3 atom stereocenters. The van der Waals surface area contributed by atoms with Crippen molar-refractivity contribution in [2.45, 2.75) is 58.2 Å². The van der Waals surface area contributed by atoms with Gasteiger partial charge in [-0.15, -0.1) is 0 Å². The Labute approximate surface area is 116 Å². The topological polar surface area (TPSA) is 15.3 Å². The number of nitrogens with zero attached hydrogens (tertiary/aromatic N) is 1. The Balaban J connectivity index is 2.48. The lowest BCUT2D eigenvalue weighted by Gasteiger charge is -2.33. The van der Waals surface area contributed by atoms with E-state index in [4.69, 9.17) is 0 Å². The van der Waals surface area contributed by atoms with E-state index in [0.717, 1.165) is 24.1 Å².